The van der Waals surface area contributed by atoms with Crippen molar-refractivity contribution in [2.45, 2.75) is 38.5 Å². The molecule has 1 aliphatic heterocycles. The van der Waals surface area contributed by atoms with Gasteiger partial charge in [0.05, 0.1) is 18.8 Å². The van der Waals surface area contributed by atoms with Crippen molar-refractivity contribution in [3.8, 4) is 17.6 Å². The third kappa shape index (κ3) is 7.06. The summed E-state index contributed by atoms with van der Waals surface area (Å²) < 4.78 is 6.87. The molecule has 7 nitrogen and oxygen atoms in total. The monoisotopic (exact) mass is 438 g/mol. The van der Waals surface area contributed by atoms with Gasteiger partial charge in [-0.25, -0.2) is 0 Å². The highest BCUT2D eigenvalue weighted by Gasteiger charge is 2.26. The smallest absolute Gasteiger partial charge is 0.254 e. The molecule has 0 amide bonds. The lowest BCUT2D eigenvalue weighted by Gasteiger charge is -2.12. The van der Waals surface area contributed by atoms with Crippen LogP contribution in [0.15, 0.2) is 41.2 Å². The number of likely N-dealkylation sites (tertiary alicyclic amines) is 1. The molecule has 2 atom stereocenters. The van der Waals surface area contributed by atoms with Crippen molar-refractivity contribution in [3.63, 3.8) is 0 Å². The molecule has 1 aromatic carbocycles. The Labute approximate surface area is 188 Å². The summed E-state index contributed by atoms with van der Waals surface area (Å²) in [7, 11) is 1.87. The van der Waals surface area contributed by atoms with E-state index in [0.717, 1.165) is 16.8 Å². The number of aromatic nitrogens is 1. The lowest BCUT2D eigenvalue weighted by Crippen LogP contribution is -2.22. The molecular formula is C25H30N2O5. The van der Waals surface area contributed by atoms with Crippen molar-refractivity contribution in [2.24, 2.45) is 5.92 Å². The minimum Gasteiger partial charge on any atom is -0.486 e. The molecule has 1 saturated carbocycles. The van der Waals surface area contributed by atoms with Gasteiger partial charge in [0.15, 0.2) is 6.29 Å². The minimum atomic E-state index is -0.528. The third-order valence-corrected chi connectivity index (χ3v) is 5.36. The van der Waals surface area contributed by atoms with Crippen LogP contribution in [0, 0.1) is 24.7 Å². The Kier molecular flexibility index (Phi) is 8.23. The van der Waals surface area contributed by atoms with Crippen LogP contribution in [-0.4, -0.2) is 64.9 Å². The first-order valence-electron chi connectivity index (χ1n) is 10.8. The van der Waals surface area contributed by atoms with Crippen LogP contribution in [0.2, 0.25) is 0 Å². The molecule has 32 heavy (non-hydrogen) atoms. The van der Waals surface area contributed by atoms with Gasteiger partial charge in [0, 0.05) is 36.3 Å². The summed E-state index contributed by atoms with van der Waals surface area (Å²) in [5, 5.41) is 17.8. The fraction of sp³-hybridized carbons (Fsp3) is 0.440. The standard InChI is InChI=1S/C20H19NO3.C5H11NO2/c1-15-12-19(24-11-10-22)13-20(23)21(15)14-18-8-6-17(7-9-18)5-4-16-2-3-16;1-6-2-4(7)5(8)3-6/h6-10,12-13,16H,2-3,11,14H2,1H3;4-5,7-8H,2-3H2,1H3. The van der Waals surface area contributed by atoms with Crippen LogP contribution in [0.1, 0.15) is 29.7 Å². The van der Waals surface area contributed by atoms with Crippen molar-refractivity contribution in [2.75, 3.05) is 26.7 Å². The fourth-order valence-corrected chi connectivity index (χ4v) is 3.36. The zero-order valence-corrected chi connectivity index (χ0v) is 18.5. The van der Waals surface area contributed by atoms with Gasteiger partial charge < -0.3 is 24.4 Å². The molecule has 4 rings (SSSR count). The maximum absolute atomic E-state index is 12.3. The molecule has 2 fully saturated rings. The maximum atomic E-state index is 12.3. The number of rotatable bonds is 5. The summed E-state index contributed by atoms with van der Waals surface area (Å²) in [6.45, 7) is 3.49. The molecule has 2 unspecified atom stereocenters. The van der Waals surface area contributed by atoms with E-state index in [9.17, 15) is 9.59 Å². The Morgan fingerprint density at radius 1 is 1.12 bits per heavy atom. The molecule has 0 radical (unpaired) electrons. The van der Waals surface area contributed by atoms with Crippen LogP contribution >= 0.6 is 0 Å². The van der Waals surface area contributed by atoms with Gasteiger partial charge in [0.2, 0.25) is 0 Å². The maximum Gasteiger partial charge on any atom is 0.254 e. The van der Waals surface area contributed by atoms with Crippen LogP contribution < -0.4 is 10.3 Å². The SMILES string of the molecule is CN1CC(O)C(O)C1.Cc1cc(OCC=O)cc(=O)n1Cc1ccc(C#CC2CC2)cc1. The lowest BCUT2D eigenvalue weighted by atomic mass is 10.1. The van der Waals surface area contributed by atoms with Crippen molar-refractivity contribution < 1.29 is 19.7 Å². The molecule has 7 heteroatoms. The molecule has 0 bridgehead atoms. The quantitative estimate of drug-likeness (QED) is 0.538. The van der Waals surface area contributed by atoms with Crippen LogP contribution in [0.3, 0.4) is 0 Å². The highest BCUT2D eigenvalue weighted by atomic mass is 16.5. The fourth-order valence-electron chi connectivity index (χ4n) is 3.36. The number of nitrogens with zero attached hydrogens (tertiary/aromatic N) is 2. The Balaban J connectivity index is 0.000000305. The van der Waals surface area contributed by atoms with E-state index in [0.29, 0.717) is 37.6 Å². The third-order valence-electron chi connectivity index (χ3n) is 5.36. The average molecular weight is 439 g/mol. The molecule has 1 saturated heterocycles. The van der Waals surface area contributed by atoms with Gasteiger partial charge in [-0.3, -0.25) is 9.59 Å². The number of aliphatic hydroxyl groups excluding tert-OH is 2. The van der Waals surface area contributed by atoms with Crippen molar-refractivity contribution in [3.05, 3.63) is 63.6 Å². The zero-order valence-electron chi connectivity index (χ0n) is 18.5. The van der Waals surface area contributed by atoms with Gasteiger partial charge in [-0.05, 0) is 50.6 Å². The second-order valence-corrected chi connectivity index (χ2v) is 8.33. The van der Waals surface area contributed by atoms with Gasteiger partial charge in [0.25, 0.3) is 5.56 Å². The van der Waals surface area contributed by atoms with Gasteiger partial charge in [-0.2, -0.15) is 0 Å². The number of aliphatic hydroxyl groups is 2. The Hall–Kier alpha value is -2.92. The van der Waals surface area contributed by atoms with Gasteiger partial charge in [0.1, 0.15) is 12.4 Å². The normalized spacial score (nSPS) is 20.0. The highest BCUT2D eigenvalue weighted by Crippen LogP contribution is 2.27. The first kappa shape index (κ1) is 23.7. The number of hydrogen-bond donors (Lipinski definition) is 2. The predicted molar refractivity (Wildman–Crippen MR) is 122 cm³/mol. The topological polar surface area (TPSA) is 92.0 Å². The van der Waals surface area contributed by atoms with E-state index in [-0.39, 0.29) is 12.2 Å². The molecule has 1 aromatic heterocycles. The molecule has 2 N–H and O–H groups in total. The van der Waals surface area contributed by atoms with Crippen molar-refractivity contribution in [1.82, 2.24) is 9.47 Å². The average Bonchev–Trinajstić information content (AvgIpc) is 3.54. The van der Waals surface area contributed by atoms with Crippen LogP contribution in [-0.2, 0) is 11.3 Å². The second-order valence-electron chi connectivity index (χ2n) is 8.33. The van der Waals surface area contributed by atoms with E-state index in [4.69, 9.17) is 14.9 Å². The first-order valence-corrected chi connectivity index (χ1v) is 10.8. The largest absolute Gasteiger partial charge is 0.486 e. The van der Waals surface area contributed by atoms with E-state index < -0.39 is 12.2 Å². The summed E-state index contributed by atoms with van der Waals surface area (Å²) in [6, 6.07) is 11.2. The van der Waals surface area contributed by atoms with Gasteiger partial charge in [-0.15, -0.1) is 0 Å². The lowest BCUT2D eigenvalue weighted by molar-refractivity contribution is -0.109. The molecule has 1 aliphatic carbocycles. The van der Waals surface area contributed by atoms with E-state index in [1.54, 1.807) is 10.6 Å². The number of pyridine rings is 1. The minimum absolute atomic E-state index is 0.0494. The van der Waals surface area contributed by atoms with Crippen molar-refractivity contribution in [1.29, 1.82) is 0 Å². The molecular weight excluding hydrogens is 408 g/mol. The molecule has 170 valence electrons. The van der Waals surface area contributed by atoms with Gasteiger partial charge in [-0.1, -0.05) is 24.0 Å². The Morgan fingerprint density at radius 2 is 1.78 bits per heavy atom. The van der Waals surface area contributed by atoms with E-state index in [2.05, 4.69) is 11.8 Å². The summed E-state index contributed by atoms with van der Waals surface area (Å²) >= 11 is 0. The van der Waals surface area contributed by atoms with E-state index in [1.807, 2.05) is 43.1 Å². The summed E-state index contributed by atoms with van der Waals surface area (Å²) in [6.07, 6.45) is 2.05. The highest BCUT2D eigenvalue weighted by molar-refractivity contribution is 5.51. The number of β-amino-alcohol motifs (C(OH)–C–C–N with tert-alkyl or cyclic N) is 2. The summed E-state index contributed by atoms with van der Waals surface area (Å²) in [5.74, 6) is 7.43. The Morgan fingerprint density at radius 3 is 2.28 bits per heavy atom. The number of hydrogen-bond acceptors (Lipinski definition) is 6. The second kappa shape index (κ2) is 11.1. The van der Waals surface area contributed by atoms with Crippen LogP contribution in [0.5, 0.6) is 5.75 Å². The van der Waals surface area contributed by atoms with E-state index >= 15 is 0 Å². The van der Waals surface area contributed by atoms with Crippen LogP contribution in [0.25, 0.3) is 0 Å². The number of carbonyl (C=O) groups is 1. The molecule has 2 heterocycles. The summed E-state index contributed by atoms with van der Waals surface area (Å²) in [5.41, 5.74) is 2.69. The Bertz CT molecular complexity index is 1020. The number of carbonyl (C=O) groups excluding carboxylic acids is 1. The number of likely N-dealkylation sites (N-methyl/N-ethyl adjacent to an activating group) is 1. The van der Waals surface area contributed by atoms with Crippen LogP contribution in [0.4, 0.5) is 0 Å². The first-order chi connectivity index (χ1) is 15.4. The molecule has 0 spiro atoms. The number of aldehydes is 1. The summed E-state index contributed by atoms with van der Waals surface area (Å²) in [4.78, 5) is 24.5. The van der Waals surface area contributed by atoms with E-state index in [1.165, 1.54) is 18.9 Å². The predicted octanol–water partition coefficient (Wildman–Crippen LogP) is 1.20. The van der Waals surface area contributed by atoms with Gasteiger partial charge >= 0.3 is 0 Å². The number of ether oxygens (including phenoxy) is 1. The number of benzene rings is 1. The molecule has 2 aromatic rings. The number of aryl methyl sites for hydroxylation is 1. The molecule has 2 aliphatic rings. The zero-order chi connectivity index (χ0) is 23.1. The van der Waals surface area contributed by atoms with Crippen molar-refractivity contribution >= 4 is 6.29 Å².